The number of aliphatic hydroxyl groups excluding tert-OH is 1. The van der Waals surface area contributed by atoms with E-state index in [1.165, 1.54) is 12.0 Å². The minimum atomic E-state index is -0.157. The number of aromatic nitrogens is 2. The molecule has 1 heterocycles. The van der Waals surface area contributed by atoms with Crippen molar-refractivity contribution >= 4 is 12.0 Å². The zero-order valence-electron chi connectivity index (χ0n) is 16.4. The van der Waals surface area contributed by atoms with Gasteiger partial charge in [-0.25, -0.2) is 4.68 Å². The van der Waals surface area contributed by atoms with Gasteiger partial charge in [0.2, 0.25) is 0 Å². The van der Waals surface area contributed by atoms with Crippen molar-refractivity contribution in [3.05, 3.63) is 35.7 Å². The van der Waals surface area contributed by atoms with Crippen LogP contribution in [-0.2, 0) is 4.79 Å². The van der Waals surface area contributed by atoms with Crippen LogP contribution in [0.25, 0.3) is 5.70 Å². The molecule has 1 aromatic rings. The molecule has 0 aromatic carbocycles. The Balaban J connectivity index is 1.53. The molecule has 5 rings (SSSR count). The van der Waals surface area contributed by atoms with E-state index in [1.807, 2.05) is 23.1 Å². The third-order valence-electron chi connectivity index (χ3n) is 8.63. The minimum Gasteiger partial charge on any atom is -0.393 e. The minimum absolute atomic E-state index is 0.0271. The Hall–Kier alpha value is -1.68. The highest BCUT2D eigenvalue weighted by atomic mass is 16.3. The number of hydrogen-bond acceptors (Lipinski definition) is 3. The summed E-state index contributed by atoms with van der Waals surface area (Å²) in [6.45, 7) is 4.81. The smallest absolute Gasteiger partial charge is 0.147 e. The molecule has 0 amide bonds. The van der Waals surface area contributed by atoms with Crippen LogP contribution in [0.3, 0.4) is 0 Å². The zero-order chi connectivity index (χ0) is 18.8. The molecule has 0 radical (unpaired) electrons. The second kappa shape index (κ2) is 5.91. The Labute approximate surface area is 161 Å². The van der Waals surface area contributed by atoms with Gasteiger partial charge in [0.1, 0.15) is 6.29 Å². The molecule has 4 aliphatic rings. The van der Waals surface area contributed by atoms with E-state index in [-0.39, 0.29) is 16.9 Å². The van der Waals surface area contributed by atoms with Crippen molar-refractivity contribution in [3.8, 4) is 0 Å². The normalized spacial score (nSPS) is 43.6. The highest BCUT2D eigenvalue weighted by Crippen LogP contribution is 2.66. The number of rotatable bonds is 2. The van der Waals surface area contributed by atoms with Gasteiger partial charge in [0.25, 0.3) is 0 Å². The summed E-state index contributed by atoms with van der Waals surface area (Å²) in [6.07, 6.45) is 14.4. The predicted octanol–water partition coefficient (Wildman–Crippen LogP) is 4.23. The first-order valence-corrected chi connectivity index (χ1v) is 10.5. The fourth-order valence-corrected chi connectivity index (χ4v) is 7.25. The summed E-state index contributed by atoms with van der Waals surface area (Å²) in [7, 11) is 0. The molecule has 4 nitrogen and oxygen atoms in total. The van der Waals surface area contributed by atoms with E-state index in [0.717, 1.165) is 56.1 Å². The van der Waals surface area contributed by atoms with Gasteiger partial charge in [0.05, 0.1) is 11.8 Å². The van der Waals surface area contributed by atoms with Gasteiger partial charge in [-0.2, -0.15) is 5.10 Å². The number of carbonyl (C=O) groups excluding carboxylic acids is 1. The van der Waals surface area contributed by atoms with Crippen LogP contribution in [0.15, 0.2) is 35.7 Å². The zero-order valence-corrected chi connectivity index (χ0v) is 16.4. The molecule has 0 unspecified atom stereocenters. The van der Waals surface area contributed by atoms with Crippen LogP contribution in [0.5, 0.6) is 0 Å². The average Bonchev–Trinajstić information content (AvgIpc) is 3.26. The van der Waals surface area contributed by atoms with Gasteiger partial charge in [-0.05, 0) is 74.2 Å². The lowest BCUT2D eigenvalue weighted by Gasteiger charge is -2.57. The van der Waals surface area contributed by atoms with E-state index in [4.69, 9.17) is 0 Å². The Bertz CT molecular complexity index is 823. The van der Waals surface area contributed by atoms with Gasteiger partial charge in [-0.1, -0.05) is 25.5 Å². The number of hydrogen-bond donors (Lipinski definition) is 1. The van der Waals surface area contributed by atoms with Crippen molar-refractivity contribution in [2.45, 2.75) is 64.9 Å². The van der Waals surface area contributed by atoms with E-state index in [9.17, 15) is 9.90 Å². The molecular weight excluding hydrogens is 336 g/mol. The van der Waals surface area contributed by atoms with Crippen molar-refractivity contribution < 1.29 is 9.90 Å². The van der Waals surface area contributed by atoms with Crippen LogP contribution in [0.1, 0.15) is 58.8 Å². The van der Waals surface area contributed by atoms with Gasteiger partial charge in [-0.3, -0.25) is 4.79 Å². The van der Waals surface area contributed by atoms with E-state index in [0.29, 0.717) is 17.8 Å². The molecule has 4 aliphatic carbocycles. The maximum Gasteiger partial charge on any atom is 0.147 e. The molecule has 0 bridgehead atoms. The largest absolute Gasteiger partial charge is 0.393 e. The molecule has 0 saturated heterocycles. The van der Waals surface area contributed by atoms with E-state index in [2.05, 4.69) is 25.0 Å². The summed E-state index contributed by atoms with van der Waals surface area (Å²) in [5.74, 6) is 1.81. The highest BCUT2D eigenvalue weighted by Gasteiger charge is 2.58. The summed E-state index contributed by atoms with van der Waals surface area (Å²) in [4.78, 5) is 11.9. The Morgan fingerprint density at radius 2 is 2.00 bits per heavy atom. The molecule has 2 fully saturated rings. The molecule has 0 spiro atoms. The number of aliphatic hydroxyl groups is 1. The number of fused-ring (bicyclic) bond motifs is 5. The molecule has 0 aliphatic heterocycles. The predicted molar refractivity (Wildman–Crippen MR) is 105 cm³/mol. The van der Waals surface area contributed by atoms with E-state index < -0.39 is 0 Å². The van der Waals surface area contributed by atoms with Gasteiger partial charge in [0, 0.05) is 23.4 Å². The van der Waals surface area contributed by atoms with Crippen LogP contribution < -0.4 is 0 Å². The molecule has 4 heteroatoms. The van der Waals surface area contributed by atoms with Gasteiger partial charge >= 0.3 is 0 Å². The molecule has 1 aromatic heterocycles. The number of carbonyl (C=O) groups is 1. The second-order valence-electron chi connectivity index (χ2n) is 9.76. The molecule has 1 N–H and O–H groups in total. The maximum atomic E-state index is 11.9. The van der Waals surface area contributed by atoms with Crippen molar-refractivity contribution in [1.82, 2.24) is 9.78 Å². The lowest BCUT2D eigenvalue weighted by molar-refractivity contribution is -0.105. The van der Waals surface area contributed by atoms with Crippen LogP contribution >= 0.6 is 0 Å². The number of allylic oxidation sites excluding steroid dienone is 3. The average molecular weight is 367 g/mol. The Morgan fingerprint density at radius 3 is 2.74 bits per heavy atom. The van der Waals surface area contributed by atoms with Crippen molar-refractivity contribution in [2.75, 3.05) is 0 Å². The van der Waals surface area contributed by atoms with E-state index >= 15 is 0 Å². The summed E-state index contributed by atoms with van der Waals surface area (Å²) in [5.41, 5.74) is 3.86. The molecule has 6 atom stereocenters. The molecule has 144 valence electrons. The van der Waals surface area contributed by atoms with Crippen LogP contribution in [0, 0.1) is 28.6 Å². The second-order valence-corrected chi connectivity index (χ2v) is 9.76. The van der Waals surface area contributed by atoms with Crippen molar-refractivity contribution in [2.24, 2.45) is 28.6 Å². The topological polar surface area (TPSA) is 55.1 Å². The Kier molecular flexibility index (Phi) is 3.81. The lowest BCUT2D eigenvalue weighted by atomic mass is 9.48. The monoisotopic (exact) mass is 366 g/mol. The van der Waals surface area contributed by atoms with Crippen LogP contribution in [0.2, 0.25) is 0 Å². The van der Waals surface area contributed by atoms with Gasteiger partial charge < -0.3 is 5.11 Å². The number of nitrogens with zero attached hydrogens (tertiary/aromatic N) is 2. The lowest BCUT2D eigenvalue weighted by Crippen LogP contribution is -2.50. The summed E-state index contributed by atoms with van der Waals surface area (Å²) >= 11 is 0. The first-order valence-electron chi connectivity index (χ1n) is 10.5. The SMILES string of the molecule is C[C@]12CC[C@H](O)CC1=CC[C@@H]1[C@@H]2CC[C@]2(C)C(n3cccn3)=C(C=O)C[C@@H]12. The molecule has 2 saturated carbocycles. The standard InChI is InChI=1S/C23H30N2O2/c1-22-8-6-17(27)13-16(22)4-5-18-19(22)7-9-23(2)20(18)12-15(14-26)21(23)25-11-3-10-24-25/h3-4,10-11,14,17-20,27H,5-9,12-13H2,1-2H3/t17-,18+,19-,20-,22-,23-/m0/s1. The van der Waals surface area contributed by atoms with Crippen LogP contribution in [-0.4, -0.2) is 27.3 Å². The summed E-state index contributed by atoms with van der Waals surface area (Å²) in [6, 6.07) is 1.95. The highest BCUT2D eigenvalue weighted by molar-refractivity contribution is 5.86. The van der Waals surface area contributed by atoms with Gasteiger partial charge in [-0.15, -0.1) is 0 Å². The molecule has 27 heavy (non-hydrogen) atoms. The number of aldehydes is 1. The first kappa shape index (κ1) is 17.4. The van der Waals surface area contributed by atoms with Crippen molar-refractivity contribution in [3.63, 3.8) is 0 Å². The summed E-state index contributed by atoms with van der Waals surface area (Å²) in [5, 5.41) is 14.6. The Morgan fingerprint density at radius 1 is 1.19 bits per heavy atom. The molecular formula is C23H30N2O2. The fourth-order valence-electron chi connectivity index (χ4n) is 7.25. The third kappa shape index (κ3) is 2.32. The van der Waals surface area contributed by atoms with E-state index in [1.54, 1.807) is 0 Å². The van der Waals surface area contributed by atoms with Gasteiger partial charge in [0.15, 0.2) is 0 Å². The van der Waals surface area contributed by atoms with Crippen molar-refractivity contribution in [1.29, 1.82) is 0 Å². The first-order chi connectivity index (χ1) is 13.0. The quantitative estimate of drug-likeness (QED) is 0.629. The summed E-state index contributed by atoms with van der Waals surface area (Å²) < 4.78 is 1.95. The maximum absolute atomic E-state index is 11.9. The van der Waals surface area contributed by atoms with Crippen LogP contribution in [0.4, 0.5) is 0 Å². The third-order valence-corrected chi connectivity index (χ3v) is 8.63. The fraction of sp³-hybridized carbons (Fsp3) is 0.652.